The van der Waals surface area contributed by atoms with Crippen LogP contribution in [0.4, 0.5) is 8.78 Å². The number of rotatable bonds is 6. The minimum atomic E-state index is -2.62. The maximum absolute atomic E-state index is 12.7. The Kier molecular flexibility index (Phi) is 5.67. The summed E-state index contributed by atoms with van der Waals surface area (Å²) in [5.74, 6) is 1.64. The molecule has 0 atom stereocenters. The minimum absolute atomic E-state index is 0.130. The van der Waals surface area contributed by atoms with E-state index in [0.29, 0.717) is 18.3 Å². The molecule has 9 heteroatoms. The van der Waals surface area contributed by atoms with Gasteiger partial charge in [-0.15, -0.1) is 0 Å². The summed E-state index contributed by atoms with van der Waals surface area (Å²) >= 11 is 0. The van der Waals surface area contributed by atoms with Crippen LogP contribution in [-0.4, -0.2) is 27.7 Å². The lowest BCUT2D eigenvalue weighted by molar-refractivity contribution is 0.0668. The summed E-state index contributed by atoms with van der Waals surface area (Å²) in [4.78, 5) is 7.92. The van der Waals surface area contributed by atoms with Crippen LogP contribution in [0.5, 0.6) is 0 Å². The van der Waals surface area contributed by atoms with Crippen molar-refractivity contribution in [1.82, 2.24) is 25.3 Å². The van der Waals surface area contributed by atoms with Crippen molar-refractivity contribution in [3.8, 4) is 0 Å². The summed E-state index contributed by atoms with van der Waals surface area (Å²) in [5.41, 5.74) is 0.878. The van der Waals surface area contributed by atoms with Crippen molar-refractivity contribution >= 4 is 5.96 Å². The molecule has 0 aliphatic rings. The average molecular weight is 326 g/mol. The quantitative estimate of drug-likeness (QED) is 0.629. The topological polar surface area (TPSA) is 80.3 Å². The van der Waals surface area contributed by atoms with Crippen molar-refractivity contribution in [1.29, 1.82) is 0 Å². The van der Waals surface area contributed by atoms with Gasteiger partial charge in [0.15, 0.2) is 11.7 Å². The molecule has 23 heavy (non-hydrogen) atoms. The van der Waals surface area contributed by atoms with Gasteiger partial charge >= 0.3 is 6.55 Å². The predicted octanol–water partition coefficient (Wildman–Crippen LogP) is 2.25. The molecule has 2 aromatic rings. The zero-order valence-electron chi connectivity index (χ0n) is 13.3. The lowest BCUT2D eigenvalue weighted by Crippen LogP contribution is -2.36. The zero-order chi connectivity index (χ0) is 16.8. The highest BCUT2D eigenvalue weighted by molar-refractivity contribution is 5.79. The van der Waals surface area contributed by atoms with E-state index in [2.05, 4.69) is 25.8 Å². The summed E-state index contributed by atoms with van der Waals surface area (Å²) in [5, 5.41) is 9.92. The van der Waals surface area contributed by atoms with Gasteiger partial charge in [0.05, 0.1) is 18.8 Å². The van der Waals surface area contributed by atoms with E-state index in [1.165, 1.54) is 12.4 Å². The number of aliphatic imine (C=N–C) groups is 1. The van der Waals surface area contributed by atoms with Crippen molar-refractivity contribution < 1.29 is 13.3 Å². The normalized spacial score (nSPS) is 12.2. The second-order valence-corrected chi connectivity index (χ2v) is 5.18. The summed E-state index contributed by atoms with van der Waals surface area (Å²) in [6.45, 7) is 1.96. The molecule has 0 radical (unpaired) electrons. The van der Waals surface area contributed by atoms with Gasteiger partial charge in [-0.2, -0.15) is 8.78 Å². The van der Waals surface area contributed by atoms with Gasteiger partial charge in [0.1, 0.15) is 5.82 Å². The van der Waals surface area contributed by atoms with E-state index in [1.54, 1.807) is 7.05 Å². The van der Waals surface area contributed by atoms with Crippen LogP contribution < -0.4 is 10.6 Å². The first-order valence-electron chi connectivity index (χ1n) is 7.21. The first-order chi connectivity index (χ1) is 11.0. The summed E-state index contributed by atoms with van der Waals surface area (Å²) in [7, 11) is 1.59. The van der Waals surface area contributed by atoms with Gasteiger partial charge in [-0.3, -0.25) is 9.56 Å². The molecule has 0 aromatic carbocycles. The first-order valence-corrected chi connectivity index (χ1v) is 7.21. The smallest absolute Gasteiger partial charge is 0.319 e. The second-order valence-electron chi connectivity index (χ2n) is 5.18. The molecular weight excluding hydrogens is 306 g/mol. The summed E-state index contributed by atoms with van der Waals surface area (Å²) in [6.07, 6.45) is 2.57. The van der Waals surface area contributed by atoms with E-state index in [0.717, 1.165) is 10.3 Å². The highest BCUT2D eigenvalue weighted by Gasteiger charge is 2.12. The lowest BCUT2D eigenvalue weighted by atomic mass is 10.1. The van der Waals surface area contributed by atoms with Crippen LogP contribution in [0.1, 0.15) is 43.6 Å². The Morgan fingerprint density at radius 2 is 2.09 bits per heavy atom. The molecule has 0 unspecified atom stereocenters. The van der Waals surface area contributed by atoms with Gasteiger partial charge in [0.25, 0.3) is 0 Å². The number of hydrogen-bond acceptors (Lipinski definition) is 4. The standard InChI is InChI=1S/C14H20F2N6O/c1-9(2)11-6-10(23-21-11)7-19-14(17-3)20-8-12-18-4-5-22(12)13(15)16/h4-6,9,13H,7-8H2,1-3H3,(H2,17,19,20). The molecule has 0 amide bonds. The molecule has 2 N–H and O–H groups in total. The van der Waals surface area contributed by atoms with Crippen LogP contribution in [0.15, 0.2) is 28.0 Å². The van der Waals surface area contributed by atoms with Crippen LogP contribution in [0.2, 0.25) is 0 Å². The third-order valence-corrected chi connectivity index (χ3v) is 3.20. The first kappa shape index (κ1) is 16.9. The molecule has 0 spiro atoms. The number of hydrogen-bond donors (Lipinski definition) is 2. The summed E-state index contributed by atoms with van der Waals surface area (Å²) < 4.78 is 31.5. The Bertz CT molecular complexity index is 649. The Labute approximate surface area is 132 Å². The lowest BCUT2D eigenvalue weighted by Gasteiger charge is -2.11. The zero-order valence-corrected chi connectivity index (χ0v) is 13.3. The van der Waals surface area contributed by atoms with E-state index in [-0.39, 0.29) is 18.3 Å². The van der Waals surface area contributed by atoms with Crippen molar-refractivity contribution in [2.24, 2.45) is 4.99 Å². The van der Waals surface area contributed by atoms with E-state index < -0.39 is 6.55 Å². The number of aromatic nitrogens is 3. The third kappa shape index (κ3) is 4.51. The third-order valence-electron chi connectivity index (χ3n) is 3.20. The molecule has 2 heterocycles. The van der Waals surface area contributed by atoms with E-state index in [9.17, 15) is 8.78 Å². The Morgan fingerprint density at radius 1 is 1.35 bits per heavy atom. The maximum Gasteiger partial charge on any atom is 0.319 e. The Hall–Kier alpha value is -2.45. The number of nitrogens with zero attached hydrogens (tertiary/aromatic N) is 4. The van der Waals surface area contributed by atoms with E-state index in [1.807, 2.05) is 19.9 Å². The molecule has 0 aliphatic carbocycles. The molecule has 0 bridgehead atoms. The van der Waals surface area contributed by atoms with E-state index >= 15 is 0 Å². The monoisotopic (exact) mass is 326 g/mol. The molecular formula is C14H20F2N6O. The molecule has 2 aromatic heterocycles. The number of halogens is 2. The largest absolute Gasteiger partial charge is 0.359 e. The van der Waals surface area contributed by atoms with Crippen LogP contribution in [0, 0.1) is 0 Å². The van der Waals surface area contributed by atoms with Gasteiger partial charge in [0.2, 0.25) is 0 Å². The van der Waals surface area contributed by atoms with Crippen LogP contribution >= 0.6 is 0 Å². The molecule has 0 aliphatic heterocycles. The van der Waals surface area contributed by atoms with E-state index in [4.69, 9.17) is 4.52 Å². The number of guanidine groups is 1. The number of imidazole rings is 1. The van der Waals surface area contributed by atoms with Gasteiger partial charge in [0, 0.05) is 25.5 Å². The van der Waals surface area contributed by atoms with Gasteiger partial charge < -0.3 is 15.2 Å². The molecule has 126 valence electrons. The van der Waals surface area contributed by atoms with Gasteiger partial charge in [-0.1, -0.05) is 19.0 Å². The highest BCUT2D eigenvalue weighted by Crippen LogP contribution is 2.14. The van der Waals surface area contributed by atoms with Crippen molar-refractivity contribution in [2.45, 2.75) is 39.4 Å². The molecule has 2 rings (SSSR count). The predicted molar refractivity (Wildman–Crippen MR) is 81.1 cm³/mol. The van der Waals surface area contributed by atoms with Crippen LogP contribution in [-0.2, 0) is 13.1 Å². The maximum atomic E-state index is 12.7. The van der Waals surface area contributed by atoms with Gasteiger partial charge in [-0.25, -0.2) is 4.98 Å². The fourth-order valence-electron chi connectivity index (χ4n) is 1.90. The van der Waals surface area contributed by atoms with Crippen LogP contribution in [0.25, 0.3) is 0 Å². The second kappa shape index (κ2) is 7.70. The fourth-order valence-corrected chi connectivity index (χ4v) is 1.90. The highest BCUT2D eigenvalue weighted by atomic mass is 19.3. The number of alkyl halides is 2. The molecule has 0 fully saturated rings. The van der Waals surface area contributed by atoms with Crippen molar-refractivity contribution in [3.05, 3.63) is 35.7 Å². The molecule has 7 nitrogen and oxygen atoms in total. The molecule has 0 saturated heterocycles. The van der Waals surface area contributed by atoms with Crippen LogP contribution in [0.3, 0.4) is 0 Å². The SMILES string of the molecule is CN=C(NCc1cc(C(C)C)no1)NCc1nccn1C(F)F. The fraction of sp³-hybridized carbons (Fsp3) is 0.500. The average Bonchev–Trinajstić information content (AvgIpc) is 3.16. The minimum Gasteiger partial charge on any atom is -0.359 e. The number of nitrogens with one attached hydrogen (secondary N) is 2. The van der Waals surface area contributed by atoms with Crippen molar-refractivity contribution in [2.75, 3.05) is 7.05 Å². The Morgan fingerprint density at radius 3 is 2.70 bits per heavy atom. The Balaban J connectivity index is 1.87. The summed E-state index contributed by atoms with van der Waals surface area (Å²) in [6, 6.07) is 1.87. The molecule has 0 saturated carbocycles. The van der Waals surface area contributed by atoms with Gasteiger partial charge in [-0.05, 0) is 5.92 Å². The van der Waals surface area contributed by atoms with Crippen molar-refractivity contribution in [3.63, 3.8) is 0 Å².